The van der Waals surface area contributed by atoms with Crippen LogP contribution in [0.5, 0.6) is 0 Å². The van der Waals surface area contributed by atoms with E-state index in [1.165, 1.54) is 4.90 Å². The van der Waals surface area contributed by atoms with Gasteiger partial charge in [0.05, 0.1) is 16.9 Å². The maximum atomic E-state index is 12.7. The third-order valence-corrected chi connectivity index (χ3v) is 6.44. The Labute approximate surface area is 168 Å². The van der Waals surface area contributed by atoms with Gasteiger partial charge in [0.1, 0.15) is 5.58 Å². The van der Waals surface area contributed by atoms with E-state index in [0.717, 1.165) is 6.07 Å². The summed E-state index contributed by atoms with van der Waals surface area (Å²) in [5.74, 6) is -1.61. The first kappa shape index (κ1) is 21.0. The molecule has 0 N–H and O–H groups in total. The van der Waals surface area contributed by atoms with Crippen LogP contribution in [0.3, 0.4) is 0 Å². The van der Waals surface area contributed by atoms with Crippen molar-refractivity contribution >= 4 is 32.7 Å². The van der Waals surface area contributed by atoms with Crippen LogP contribution in [0.15, 0.2) is 39.5 Å². The number of benzene rings is 1. The van der Waals surface area contributed by atoms with Gasteiger partial charge >= 0.3 is 5.97 Å². The van der Waals surface area contributed by atoms with Crippen LogP contribution >= 0.6 is 0 Å². The highest BCUT2D eigenvalue weighted by atomic mass is 32.2. The van der Waals surface area contributed by atoms with Crippen LogP contribution < -0.4 is 5.43 Å². The van der Waals surface area contributed by atoms with Crippen LogP contribution in [-0.2, 0) is 19.4 Å². The van der Waals surface area contributed by atoms with Crippen molar-refractivity contribution in [3.8, 4) is 0 Å². The van der Waals surface area contributed by atoms with E-state index in [9.17, 15) is 22.8 Å². The number of nitrogens with zero attached hydrogens (tertiary/aromatic N) is 1. The zero-order chi connectivity index (χ0) is 21.2. The summed E-state index contributed by atoms with van der Waals surface area (Å²) in [6.45, 7) is 3.64. The SMILES string of the molecule is CC(C)CN(C(=O)COC(=O)c1cc(=O)c2ccccc2o1)C1CCS(=O)(=O)C1. The smallest absolute Gasteiger partial charge is 0.374 e. The lowest BCUT2D eigenvalue weighted by molar-refractivity contribution is -0.137. The molecule has 0 saturated carbocycles. The minimum atomic E-state index is -3.16. The van der Waals surface area contributed by atoms with Crippen molar-refractivity contribution in [1.29, 1.82) is 0 Å². The molecule has 1 amide bonds. The number of amides is 1. The van der Waals surface area contributed by atoms with Crippen molar-refractivity contribution in [2.24, 2.45) is 5.92 Å². The molecular formula is C20H23NO7S. The first-order valence-electron chi connectivity index (χ1n) is 9.36. The Morgan fingerprint density at radius 1 is 1.28 bits per heavy atom. The molecule has 1 saturated heterocycles. The molecule has 8 nitrogen and oxygen atoms in total. The summed E-state index contributed by atoms with van der Waals surface area (Å²) in [5, 5.41) is 0.339. The van der Waals surface area contributed by atoms with E-state index in [1.54, 1.807) is 24.3 Å². The number of hydrogen-bond donors (Lipinski definition) is 0. The Kier molecular flexibility index (Phi) is 6.07. The Morgan fingerprint density at radius 3 is 2.66 bits per heavy atom. The number of hydrogen-bond acceptors (Lipinski definition) is 7. The molecule has 0 radical (unpaired) electrons. The highest BCUT2D eigenvalue weighted by Gasteiger charge is 2.35. The molecule has 1 aromatic heterocycles. The quantitative estimate of drug-likeness (QED) is 0.652. The Bertz CT molecular complexity index is 1090. The third-order valence-electron chi connectivity index (χ3n) is 4.69. The van der Waals surface area contributed by atoms with Gasteiger partial charge in [0.25, 0.3) is 5.91 Å². The molecule has 1 atom stereocenters. The van der Waals surface area contributed by atoms with Crippen molar-refractivity contribution in [2.75, 3.05) is 24.7 Å². The molecule has 1 aliphatic heterocycles. The van der Waals surface area contributed by atoms with Gasteiger partial charge in [-0.25, -0.2) is 13.2 Å². The summed E-state index contributed by atoms with van der Waals surface area (Å²) in [6.07, 6.45) is 0.369. The highest BCUT2D eigenvalue weighted by molar-refractivity contribution is 7.91. The fraction of sp³-hybridized carbons (Fsp3) is 0.450. The fourth-order valence-corrected chi connectivity index (χ4v) is 5.09. The molecule has 1 aromatic carbocycles. The first-order valence-corrected chi connectivity index (χ1v) is 11.2. The maximum absolute atomic E-state index is 12.7. The molecular weight excluding hydrogens is 398 g/mol. The van der Waals surface area contributed by atoms with Crippen LogP contribution in [0.4, 0.5) is 0 Å². The first-order chi connectivity index (χ1) is 13.7. The second kappa shape index (κ2) is 8.36. The topological polar surface area (TPSA) is 111 Å². The number of ether oxygens (including phenoxy) is 1. The largest absolute Gasteiger partial charge is 0.450 e. The summed E-state index contributed by atoms with van der Waals surface area (Å²) >= 11 is 0. The summed E-state index contributed by atoms with van der Waals surface area (Å²) in [4.78, 5) is 38.5. The monoisotopic (exact) mass is 421 g/mol. The average molecular weight is 421 g/mol. The Hall–Kier alpha value is -2.68. The molecule has 156 valence electrons. The molecule has 3 rings (SSSR count). The summed E-state index contributed by atoms with van der Waals surface area (Å²) in [6, 6.07) is 7.10. The van der Waals surface area contributed by atoms with Crippen LogP contribution in [0.1, 0.15) is 30.8 Å². The Balaban J connectivity index is 1.71. The second-order valence-corrected chi connectivity index (χ2v) is 9.77. The summed E-state index contributed by atoms with van der Waals surface area (Å²) in [7, 11) is -3.16. The fourth-order valence-electron chi connectivity index (χ4n) is 3.35. The second-order valence-electron chi connectivity index (χ2n) is 7.54. The standard InChI is InChI=1S/C20H23NO7S/c1-13(2)10-21(14-7-8-29(25,26)12-14)19(23)11-27-20(24)18-9-16(22)15-5-3-4-6-17(15)28-18/h3-6,9,13-14H,7-8,10-12H2,1-2H3. The van der Waals surface area contributed by atoms with E-state index in [2.05, 4.69) is 0 Å². The molecule has 2 heterocycles. The van der Waals surface area contributed by atoms with E-state index < -0.39 is 34.4 Å². The Morgan fingerprint density at radius 2 is 2.00 bits per heavy atom. The highest BCUT2D eigenvalue weighted by Crippen LogP contribution is 2.19. The van der Waals surface area contributed by atoms with Crippen LogP contribution in [0.25, 0.3) is 11.0 Å². The normalized spacial score (nSPS) is 18.1. The van der Waals surface area contributed by atoms with E-state index in [4.69, 9.17) is 9.15 Å². The summed E-state index contributed by atoms with van der Waals surface area (Å²) < 4.78 is 34.0. The van der Waals surface area contributed by atoms with Gasteiger partial charge in [-0.05, 0) is 24.5 Å². The number of rotatable bonds is 6. The van der Waals surface area contributed by atoms with Crippen molar-refractivity contribution in [3.05, 3.63) is 46.3 Å². The van der Waals surface area contributed by atoms with E-state index in [0.29, 0.717) is 18.4 Å². The van der Waals surface area contributed by atoms with Crippen LogP contribution in [-0.4, -0.2) is 55.9 Å². The molecule has 0 bridgehead atoms. The van der Waals surface area contributed by atoms with Gasteiger partial charge in [0.2, 0.25) is 5.76 Å². The summed E-state index contributed by atoms with van der Waals surface area (Å²) in [5.41, 5.74) is -0.140. The zero-order valence-corrected chi connectivity index (χ0v) is 17.1. The predicted molar refractivity (Wildman–Crippen MR) is 106 cm³/mol. The van der Waals surface area contributed by atoms with Gasteiger partial charge in [-0.1, -0.05) is 26.0 Å². The lowest BCUT2D eigenvalue weighted by Crippen LogP contribution is -2.45. The number of carbonyl (C=O) groups excluding carboxylic acids is 2. The molecule has 0 aliphatic carbocycles. The number of fused-ring (bicyclic) bond motifs is 1. The minimum Gasteiger partial charge on any atom is -0.450 e. The van der Waals surface area contributed by atoms with Gasteiger partial charge in [-0.3, -0.25) is 9.59 Å². The number of sulfone groups is 1. The molecule has 29 heavy (non-hydrogen) atoms. The molecule has 1 fully saturated rings. The lowest BCUT2D eigenvalue weighted by atomic mass is 10.1. The molecule has 2 aromatic rings. The van der Waals surface area contributed by atoms with Gasteiger partial charge in [0, 0.05) is 18.7 Å². The van der Waals surface area contributed by atoms with Gasteiger partial charge < -0.3 is 14.1 Å². The van der Waals surface area contributed by atoms with E-state index in [1.807, 2.05) is 13.8 Å². The molecule has 0 spiro atoms. The van der Waals surface area contributed by atoms with Crippen molar-refractivity contribution in [2.45, 2.75) is 26.3 Å². The predicted octanol–water partition coefficient (Wildman–Crippen LogP) is 1.62. The van der Waals surface area contributed by atoms with Gasteiger partial charge in [0.15, 0.2) is 21.9 Å². The molecule has 1 aliphatic rings. The van der Waals surface area contributed by atoms with Crippen molar-refractivity contribution < 1.29 is 27.2 Å². The number of para-hydroxylation sites is 1. The van der Waals surface area contributed by atoms with Crippen LogP contribution in [0.2, 0.25) is 0 Å². The van der Waals surface area contributed by atoms with E-state index in [-0.39, 0.29) is 34.2 Å². The van der Waals surface area contributed by atoms with Gasteiger partial charge in [-0.15, -0.1) is 0 Å². The molecule has 1 unspecified atom stereocenters. The maximum Gasteiger partial charge on any atom is 0.374 e. The van der Waals surface area contributed by atoms with Crippen LogP contribution in [0, 0.1) is 5.92 Å². The van der Waals surface area contributed by atoms with E-state index >= 15 is 0 Å². The van der Waals surface area contributed by atoms with Crippen molar-refractivity contribution in [1.82, 2.24) is 4.90 Å². The van der Waals surface area contributed by atoms with Gasteiger partial charge in [-0.2, -0.15) is 0 Å². The van der Waals surface area contributed by atoms with Crippen molar-refractivity contribution in [3.63, 3.8) is 0 Å². The number of carbonyl (C=O) groups is 2. The average Bonchev–Trinajstić information content (AvgIpc) is 3.03. The zero-order valence-electron chi connectivity index (χ0n) is 16.3. The number of esters is 1. The third kappa shape index (κ3) is 5.03. The minimum absolute atomic E-state index is 0.0432. The lowest BCUT2D eigenvalue weighted by Gasteiger charge is -2.29. The molecule has 9 heteroatoms.